The average Bonchev–Trinajstić information content (AvgIpc) is 3.40. The van der Waals surface area contributed by atoms with E-state index in [0.717, 1.165) is 30.6 Å². The van der Waals surface area contributed by atoms with E-state index < -0.39 is 0 Å². The molecule has 2 heterocycles. The van der Waals surface area contributed by atoms with Gasteiger partial charge in [-0.15, -0.1) is 5.10 Å². The SMILES string of the molecule is COC1CCCC1C1COCCN1C(=O)Nc1ccc(-n2ccnn2)cc1. The highest BCUT2D eigenvalue weighted by Gasteiger charge is 2.40. The molecule has 27 heavy (non-hydrogen) atoms. The predicted molar refractivity (Wildman–Crippen MR) is 99.8 cm³/mol. The van der Waals surface area contributed by atoms with Crippen molar-refractivity contribution in [2.24, 2.45) is 5.92 Å². The van der Waals surface area contributed by atoms with E-state index in [0.29, 0.717) is 25.7 Å². The minimum absolute atomic E-state index is 0.0561. The summed E-state index contributed by atoms with van der Waals surface area (Å²) in [6, 6.07) is 7.52. The van der Waals surface area contributed by atoms with E-state index in [-0.39, 0.29) is 18.2 Å². The zero-order valence-electron chi connectivity index (χ0n) is 15.5. The monoisotopic (exact) mass is 371 g/mol. The number of methoxy groups -OCH3 is 1. The van der Waals surface area contributed by atoms with Gasteiger partial charge in [0.25, 0.3) is 0 Å². The molecule has 2 aromatic rings. The first-order chi connectivity index (χ1) is 13.3. The highest BCUT2D eigenvalue weighted by Crippen LogP contribution is 2.34. The number of hydrogen-bond acceptors (Lipinski definition) is 5. The fourth-order valence-electron chi connectivity index (χ4n) is 4.16. The van der Waals surface area contributed by atoms with Crippen LogP contribution in [0.4, 0.5) is 10.5 Å². The summed E-state index contributed by atoms with van der Waals surface area (Å²) < 4.78 is 13.0. The molecule has 0 radical (unpaired) electrons. The summed E-state index contributed by atoms with van der Waals surface area (Å²) in [4.78, 5) is 14.8. The third-order valence-electron chi connectivity index (χ3n) is 5.53. The van der Waals surface area contributed by atoms with Crippen LogP contribution in [0.3, 0.4) is 0 Å². The summed E-state index contributed by atoms with van der Waals surface area (Å²) >= 11 is 0. The van der Waals surface area contributed by atoms with Crippen molar-refractivity contribution in [3.8, 4) is 5.69 Å². The number of urea groups is 1. The third kappa shape index (κ3) is 3.81. The van der Waals surface area contributed by atoms with Crippen LogP contribution in [0.1, 0.15) is 19.3 Å². The summed E-state index contributed by atoms with van der Waals surface area (Å²) in [5.74, 6) is 0.329. The Balaban J connectivity index is 1.44. The van der Waals surface area contributed by atoms with Crippen LogP contribution < -0.4 is 5.32 Å². The Labute approximate surface area is 158 Å². The van der Waals surface area contributed by atoms with Gasteiger partial charge in [-0.25, -0.2) is 9.48 Å². The van der Waals surface area contributed by atoms with Crippen molar-refractivity contribution in [1.29, 1.82) is 0 Å². The Kier molecular flexibility index (Phi) is 5.35. The van der Waals surface area contributed by atoms with E-state index in [1.807, 2.05) is 29.2 Å². The second-order valence-electron chi connectivity index (χ2n) is 7.03. The van der Waals surface area contributed by atoms with Gasteiger partial charge in [0.05, 0.1) is 43.4 Å². The number of carbonyl (C=O) groups excluding carboxylic acids is 1. The van der Waals surface area contributed by atoms with Crippen LogP contribution in [-0.2, 0) is 9.47 Å². The minimum atomic E-state index is -0.0847. The molecule has 144 valence electrons. The number of ether oxygens (including phenoxy) is 2. The van der Waals surface area contributed by atoms with Gasteiger partial charge in [-0.2, -0.15) is 0 Å². The average molecular weight is 371 g/mol. The first kappa shape index (κ1) is 17.9. The molecule has 8 nitrogen and oxygen atoms in total. The molecule has 1 aliphatic heterocycles. The van der Waals surface area contributed by atoms with Gasteiger partial charge in [-0.3, -0.25) is 0 Å². The molecule has 1 N–H and O–H groups in total. The molecule has 1 aromatic heterocycles. The molecule has 1 aromatic carbocycles. The number of amides is 2. The molecule has 8 heteroatoms. The van der Waals surface area contributed by atoms with Crippen LogP contribution in [0.2, 0.25) is 0 Å². The Morgan fingerprint density at radius 3 is 2.89 bits per heavy atom. The van der Waals surface area contributed by atoms with E-state index in [9.17, 15) is 4.79 Å². The van der Waals surface area contributed by atoms with E-state index in [1.54, 1.807) is 24.2 Å². The van der Waals surface area contributed by atoms with Gasteiger partial charge < -0.3 is 19.7 Å². The highest BCUT2D eigenvalue weighted by atomic mass is 16.5. The van der Waals surface area contributed by atoms with E-state index >= 15 is 0 Å². The maximum Gasteiger partial charge on any atom is 0.322 e. The van der Waals surface area contributed by atoms with Gasteiger partial charge >= 0.3 is 6.03 Å². The number of nitrogens with one attached hydrogen (secondary N) is 1. The molecule has 0 spiro atoms. The molecule has 1 saturated heterocycles. The number of rotatable bonds is 4. The third-order valence-corrected chi connectivity index (χ3v) is 5.53. The number of nitrogens with zero attached hydrogens (tertiary/aromatic N) is 4. The summed E-state index contributed by atoms with van der Waals surface area (Å²) in [6.45, 7) is 1.74. The lowest BCUT2D eigenvalue weighted by molar-refractivity contribution is -0.0379. The van der Waals surface area contributed by atoms with E-state index in [1.165, 1.54) is 0 Å². The van der Waals surface area contributed by atoms with Gasteiger partial charge in [0.15, 0.2) is 0 Å². The molecule has 3 unspecified atom stereocenters. The van der Waals surface area contributed by atoms with Gasteiger partial charge in [0.1, 0.15) is 0 Å². The van der Waals surface area contributed by atoms with E-state index in [4.69, 9.17) is 9.47 Å². The Hall–Kier alpha value is -2.45. The van der Waals surface area contributed by atoms with Crippen LogP contribution in [0.25, 0.3) is 5.69 Å². The summed E-state index contributed by atoms with van der Waals surface area (Å²) in [6.07, 6.45) is 6.87. The quantitative estimate of drug-likeness (QED) is 0.892. The number of carbonyl (C=O) groups is 1. The van der Waals surface area contributed by atoms with Crippen LogP contribution in [0.5, 0.6) is 0 Å². The molecule has 2 fully saturated rings. The van der Waals surface area contributed by atoms with Crippen LogP contribution >= 0.6 is 0 Å². The lowest BCUT2D eigenvalue weighted by atomic mass is 9.94. The largest absolute Gasteiger partial charge is 0.381 e. The molecule has 1 saturated carbocycles. The maximum absolute atomic E-state index is 12.9. The van der Waals surface area contributed by atoms with Crippen molar-refractivity contribution in [2.75, 3.05) is 32.2 Å². The predicted octanol–water partition coefficient (Wildman–Crippen LogP) is 2.32. The molecule has 3 atom stereocenters. The number of morpholine rings is 1. The molecular weight excluding hydrogens is 346 g/mol. The van der Waals surface area contributed by atoms with Crippen molar-refractivity contribution in [3.05, 3.63) is 36.7 Å². The van der Waals surface area contributed by atoms with Crippen LogP contribution in [-0.4, -0.2) is 64.9 Å². The number of benzene rings is 1. The highest BCUT2D eigenvalue weighted by molar-refractivity contribution is 5.89. The van der Waals surface area contributed by atoms with Gasteiger partial charge in [-0.1, -0.05) is 11.6 Å². The summed E-state index contributed by atoms with van der Waals surface area (Å²) in [5.41, 5.74) is 1.65. The van der Waals surface area contributed by atoms with Crippen LogP contribution in [0.15, 0.2) is 36.7 Å². The van der Waals surface area contributed by atoms with Crippen molar-refractivity contribution >= 4 is 11.7 Å². The fourth-order valence-corrected chi connectivity index (χ4v) is 4.16. The van der Waals surface area contributed by atoms with Crippen molar-refractivity contribution < 1.29 is 14.3 Å². The Morgan fingerprint density at radius 2 is 2.15 bits per heavy atom. The van der Waals surface area contributed by atoms with E-state index in [2.05, 4.69) is 15.6 Å². The molecular formula is C19H25N5O3. The zero-order valence-corrected chi connectivity index (χ0v) is 15.5. The topological polar surface area (TPSA) is 81.5 Å². The number of anilines is 1. The molecule has 2 amide bonds. The fraction of sp³-hybridized carbons (Fsp3) is 0.526. The van der Waals surface area contributed by atoms with Crippen LogP contribution in [0, 0.1) is 5.92 Å². The van der Waals surface area contributed by atoms with Gasteiger partial charge in [-0.05, 0) is 37.1 Å². The Bertz CT molecular complexity index is 749. The Morgan fingerprint density at radius 1 is 1.30 bits per heavy atom. The minimum Gasteiger partial charge on any atom is -0.381 e. The van der Waals surface area contributed by atoms with Crippen molar-refractivity contribution in [2.45, 2.75) is 31.4 Å². The lowest BCUT2D eigenvalue weighted by Gasteiger charge is -2.40. The first-order valence-electron chi connectivity index (χ1n) is 9.41. The normalized spacial score (nSPS) is 25.5. The second kappa shape index (κ2) is 8.06. The van der Waals surface area contributed by atoms with Gasteiger partial charge in [0, 0.05) is 25.3 Å². The summed E-state index contributed by atoms with van der Waals surface area (Å²) in [7, 11) is 1.76. The number of aromatic nitrogens is 3. The lowest BCUT2D eigenvalue weighted by Crippen LogP contribution is -2.55. The van der Waals surface area contributed by atoms with Crippen molar-refractivity contribution in [3.63, 3.8) is 0 Å². The first-order valence-corrected chi connectivity index (χ1v) is 9.41. The zero-order chi connectivity index (χ0) is 18.6. The molecule has 4 rings (SSSR count). The van der Waals surface area contributed by atoms with Crippen molar-refractivity contribution in [1.82, 2.24) is 19.9 Å². The molecule has 1 aliphatic carbocycles. The maximum atomic E-state index is 12.9. The van der Waals surface area contributed by atoms with Gasteiger partial charge in [0.2, 0.25) is 0 Å². The number of hydrogen-bond donors (Lipinski definition) is 1. The second-order valence-corrected chi connectivity index (χ2v) is 7.03. The smallest absolute Gasteiger partial charge is 0.322 e. The standard InChI is InChI=1S/C19H25N5O3/c1-26-18-4-2-3-16(18)17-13-27-12-11-23(17)19(25)21-14-5-7-15(8-6-14)24-10-9-20-22-24/h5-10,16-18H,2-4,11-13H2,1H3,(H,21,25). The summed E-state index contributed by atoms with van der Waals surface area (Å²) in [5, 5.41) is 10.8. The molecule has 2 aliphatic rings. The molecule has 0 bridgehead atoms.